The first-order valence-electron chi connectivity index (χ1n) is 8.74. The molecule has 0 atom stereocenters. The molecule has 0 saturated carbocycles. The Morgan fingerprint density at radius 2 is 1.57 bits per heavy atom. The van der Waals surface area contributed by atoms with E-state index in [2.05, 4.69) is 20.9 Å². The quantitative estimate of drug-likeness (QED) is 0.484. The van der Waals surface area contributed by atoms with E-state index in [9.17, 15) is 9.18 Å². The van der Waals surface area contributed by atoms with E-state index in [1.807, 2.05) is 55.5 Å². The van der Waals surface area contributed by atoms with Crippen LogP contribution in [0.25, 0.3) is 6.08 Å². The summed E-state index contributed by atoms with van der Waals surface area (Å²) in [5.41, 5.74) is 3.70. The van der Waals surface area contributed by atoms with Crippen molar-refractivity contribution in [3.05, 3.63) is 105 Å². The van der Waals surface area contributed by atoms with Crippen LogP contribution < -0.4 is 4.90 Å². The summed E-state index contributed by atoms with van der Waals surface area (Å²) in [5.74, 6) is -0.0653. The van der Waals surface area contributed by atoms with Crippen molar-refractivity contribution >= 4 is 39.4 Å². The van der Waals surface area contributed by atoms with Gasteiger partial charge in [0.05, 0.1) is 5.69 Å². The predicted octanol–water partition coefficient (Wildman–Crippen LogP) is 5.73. The van der Waals surface area contributed by atoms with Crippen LogP contribution >= 0.6 is 15.9 Å². The van der Waals surface area contributed by atoms with E-state index in [-0.39, 0.29) is 11.7 Å². The second-order valence-corrected chi connectivity index (χ2v) is 7.42. The first kappa shape index (κ1) is 18.3. The third kappa shape index (κ3) is 3.66. The molecule has 138 valence electrons. The molecule has 0 unspecified atom stereocenters. The largest absolute Gasteiger partial charge is 0.282 e. The Balaban J connectivity index is 1.81. The van der Waals surface area contributed by atoms with Gasteiger partial charge in [-0.1, -0.05) is 45.8 Å². The number of carbonyl (C=O) groups excluding carboxylic acids is 1. The summed E-state index contributed by atoms with van der Waals surface area (Å²) in [6, 6.07) is 21.3. The Labute approximate surface area is 171 Å². The molecule has 0 bridgehead atoms. The number of benzene rings is 3. The van der Waals surface area contributed by atoms with Gasteiger partial charge in [0, 0.05) is 10.0 Å². The van der Waals surface area contributed by atoms with Crippen LogP contribution in [0, 0.1) is 12.7 Å². The SMILES string of the molecule is Cc1ccc(N2C(=O)/C(=C\c3ccc(Br)cc3)N=C2c2ccc(F)cc2)cc1. The molecule has 3 aromatic rings. The number of aryl methyl sites for hydroxylation is 1. The normalized spacial score (nSPS) is 15.2. The number of carbonyl (C=O) groups is 1. The average Bonchev–Trinajstić information content (AvgIpc) is 3.01. The number of hydrogen-bond acceptors (Lipinski definition) is 2. The van der Waals surface area contributed by atoms with Gasteiger partial charge in [-0.3, -0.25) is 9.69 Å². The summed E-state index contributed by atoms with van der Waals surface area (Å²) in [5, 5.41) is 0. The van der Waals surface area contributed by atoms with Gasteiger partial charge in [0.15, 0.2) is 0 Å². The lowest BCUT2D eigenvalue weighted by molar-refractivity contribution is -0.113. The van der Waals surface area contributed by atoms with Gasteiger partial charge in [-0.2, -0.15) is 0 Å². The third-order valence-electron chi connectivity index (χ3n) is 4.43. The number of amidine groups is 1. The zero-order chi connectivity index (χ0) is 19.7. The van der Waals surface area contributed by atoms with E-state index in [1.165, 1.54) is 12.1 Å². The lowest BCUT2D eigenvalue weighted by Crippen LogP contribution is -2.32. The van der Waals surface area contributed by atoms with Crippen molar-refractivity contribution < 1.29 is 9.18 Å². The van der Waals surface area contributed by atoms with Crippen molar-refractivity contribution in [2.45, 2.75) is 6.92 Å². The summed E-state index contributed by atoms with van der Waals surface area (Å²) in [7, 11) is 0. The highest BCUT2D eigenvalue weighted by Gasteiger charge is 2.32. The smallest absolute Gasteiger partial charge is 0.266 e. The molecule has 5 heteroatoms. The van der Waals surface area contributed by atoms with Gasteiger partial charge in [-0.15, -0.1) is 0 Å². The Morgan fingerprint density at radius 1 is 0.929 bits per heavy atom. The van der Waals surface area contributed by atoms with Crippen LogP contribution in [0.5, 0.6) is 0 Å². The number of hydrogen-bond donors (Lipinski definition) is 0. The maximum atomic E-state index is 13.4. The Hall–Kier alpha value is -3.05. The van der Waals surface area contributed by atoms with Gasteiger partial charge in [-0.05, 0) is 67.1 Å². The number of amides is 1. The molecule has 0 spiro atoms. The van der Waals surface area contributed by atoms with Crippen molar-refractivity contribution in [2.75, 3.05) is 4.90 Å². The van der Waals surface area contributed by atoms with Gasteiger partial charge >= 0.3 is 0 Å². The third-order valence-corrected chi connectivity index (χ3v) is 4.96. The second kappa shape index (κ2) is 7.52. The zero-order valence-electron chi connectivity index (χ0n) is 15.1. The van der Waals surface area contributed by atoms with Gasteiger partial charge in [-0.25, -0.2) is 9.38 Å². The standard InChI is InChI=1S/C23H16BrFN2O/c1-15-2-12-20(13-3-15)27-22(17-6-10-19(25)11-7-17)26-21(23(27)28)14-16-4-8-18(24)9-5-16/h2-14H,1H3/b21-14+. The highest BCUT2D eigenvalue weighted by molar-refractivity contribution is 9.10. The summed E-state index contributed by atoms with van der Waals surface area (Å²) in [4.78, 5) is 19.3. The average molecular weight is 435 g/mol. The molecule has 1 heterocycles. The first-order chi connectivity index (χ1) is 13.5. The van der Waals surface area contributed by atoms with E-state index in [1.54, 1.807) is 23.1 Å². The predicted molar refractivity (Wildman–Crippen MR) is 114 cm³/mol. The lowest BCUT2D eigenvalue weighted by Gasteiger charge is -2.18. The van der Waals surface area contributed by atoms with Gasteiger partial charge in [0.25, 0.3) is 5.91 Å². The molecular weight excluding hydrogens is 419 g/mol. The van der Waals surface area contributed by atoms with E-state index in [0.29, 0.717) is 17.1 Å². The van der Waals surface area contributed by atoms with Crippen LogP contribution in [0.4, 0.5) is 10.1 Å². The molecule has 0 radical (unpaired) electrons. The second-order valence-electron chi connectivity index (χ2n) is 6.50. The van der Waals surface area contributed by atoms with Gasteiger partial charge in [0.1, 0.15) is 17.3 Å². The molecule has 0 aromatic heterocycles. The van der Waals surface area contributed by atoms with Crippen LogP contribution in [0.1, 0.15) is 16.7 Å². The van der Waals surface area contributed by atoms with Crippen molar-refractivity contribution in [3.8, 4) is 0 Å². The maximum absolute atomic E-state index is 13.4. The molecule has 3 aromatic carbocycles. The molecule has 0 fully saturated rings. The fourth-order valence-electron chi connectivity index (χ4n) is 2.96. The molecule has 1 aliphatic heterocycles. The number of aliphatic imine (C=N–C) groups is 1. The van der Waals surface area contributed by atoms with Crippen molar-refractivity contribution in [3.63, 3.8) is 0 Å². The first-order valence-corrected chi connectivity index (χ1v) is 9.53. The topological polar surface area (TPSA) is 32.7 Å². The maximum Gasteiger partial charge on any atom is 0.282 e. The lowest BCUT2D eigenvalue weighted by atomic mass is 10.1. The Kier molecular flexibility index (Phi) is 4.92. The number of rotatable bonds is 3. The van der Waals surface area contributed by atoms with Crippen molar-refractivity contribution in [1.82, 2.24) is 0 Å². The van der Waals surface area contributed by atoms with Crippen molar-refractivity contribution in [2.24, 2.45) is 4.99 Å². The van der Waals surface area contributed by atoms with Crippen molar-refractivity contribution in [1.29, 1.82) is 0 Å². The molecule has 1 aliphatic rings. The zero-order valence-corrected chi connectivity index (χ0v) is 16.7. The van der Waals surface area contributed by atoms with E-state index < -0.39 is 0 Å². The minimum absolute atomic E-state index is 0.217. The molecule has 28 heavy (non-hydrogen) atoms. The monoisotopic (exact) mass is 434 g/mol. The van der Waals surface area contributed by atoms with Crippen LogP contribution in [-0.2, 0) is 4.79 Å². The minimum Gasteiger partial charge on any atom is -0.266 e. The fraction of sp³-hybridized carbons (Fsp3) is 0.0435. The molecule has 0 saturated heterocycles. The molecule has 1 amide bonds. The highest BCUT2D eigenvalue weighted by atomic mass is 79.9. The Bertz CT molecular complexity index is 1080. The summed E-state index contributed by atoms with van der Waals surface area (Å²) < 4.78 is 14.3. The van der Waals surface area contributed by atoms with Crippen LogP contribution in [-0.4, -0.2) is 11.7 Å². The molecule has 4 rings (SSSR count). The molecule has 3 nitrogen and oxygen atoms in total. The summed E-state index contributed by atoms with van der Waals surface area (Å²) in [6.07, 6.45) is 1.76. The minimum atomic E-state index is -0.332. The molecular formula is C23H16BrFN2O. The van der Waals surface area contributed by atoms with Crippen LogP contribution in [0.15, 0.2) is 88.0 Å². The number of nitrogens with zero attached hydrogens (tertiary/aromatic N) is 2. The van der Waals surface area contributed by atoms with Gasteiger partial charge < -0.3 is 0 Å². The molecule has 0 aliphatic carbocycles. The van der Waals surface area contributed by atoms with Crippen LogP contribution in [0.2, 0.25) is 0 Å². The fourth-order valence-corrected chi connectivity index (χ4v) is 3.22. The van der Waals surface area contributed by atoms with E-state index >= 15 is 0 Å². The van der Waals surface area contributed by atoms with Crippen LogP contribution in [0.3, 0.4) is 0 Å². The Morgan fingerprint density at radius 3 is 2.21 bits per heavy atom. The number of halogens is 2. The molecule has 0 N–H and O–H groups in total. The highest BCUT2D eigenvalue weighted by Crippen LogP contribution is 2.28. The summed E-state index contributed by atoms with van der Waals surface area (Å²) in [6.45, 7) is 1.99. The van der Waals surface area contributed by atoms with E-state index in [0.717, 1.165) is 21.3 Å². The number of anilines is 1. The van der Waals surface area contributed by atoms with Gasteiger partial charge in [0.2, 0.25) is 0 Å². The van der Waals surface area contributed by atoms with E-state index in [4.69, 9.17) is 0 Å². The summed E-state index contributed by atoms with van der Waals surface area (Å²) >= 11 is 3.41.